The number of rotatable bonds is 8. The summed E-state index contributed by atoms with van der Waals surface area (Å²) in [5.74, 6) is 0.762. The molecule has 0 aromatic heterocycles. The van der Waals surface area contributed by atoms with Crippen molar-refractivity contribution in [3.8, 4) is 5.75 Å². The van der Waals surface area contributed by atoms with Crippen LogP contribution in [-0.2, 0) is 11.2 Å². The number of halogens is 1. The van der Waals surface area contributed by atoms with E-state index in [1.807, 2.05) is 47.4 Å². The number of nitrogens with zero attached hydrogens (tertiary/aromatic N) is 2. The van der Waals surface area contributed by atoms with Crippen LogP contribution in [0.15, 0.2) is 42.5 Å². The van der Waals surface area contributed by atoms with E-state index in [4.69, 9.17) is 16.3 Å². The maximum Gasteiger partial charge on any atom is 0.322 e. The van der Waals surface area contributed by atoms with Crippen molar-refractivity contribution in [2.75, 3.05) is 31.6 Å². The van der Waals surface area contributed by atoms with Crippen molar-refractivity contribution >= 4 is 29.2 Å². The second-order valence-corrected chi connectivity index (χ2v) is 9.23. The summed E-state index contributed by atoms with van der Waals surface area (Å²) in [4.78, 5) is 29.2. The van der Waals surface area contributed by atoms with Crippen molar-refractivity contribution in [1.29, 1.82) is 0 Å². The van der Waals surface area contributed by atoms with E-state index in [9.17, 15) is 9.59 Å². The Balaban J connectivity index is 1.33. The molecule has 2 aliphatic heterocycles. The molecule has 176 valence electrons. The number of carbonyl (C=O) groups excluding carboxylic acids is 2. The number of carbonyl (C=O) groups is 2. The molecule has 4 rings (SSSR count). The molecule has 0 spiro atoms. The molecule has 3 amide bonds. The average Bonchev–Trinajstić information content (AvgIpc) is 2.82. The Morgan fingerprint density at radius 3 is 2.70 bits per heavy atom. The van der Waals surface area contributed by atoms with Crippen LogP contribution in [0.4, 0.5) is 10.5 Å². The molecule has 2 heterocycles. The monoisotopic (exact) mass is 469 g/mol. The molecule has 1 fully saturated rings. The van der Waals surface area contributed by atoms with Crippen LogP contribution >= 0.6 is 11.6 Å². The molecule has 1 N–H and O–H groups in total. The summed E-state index contributed by atoms with van der Waals surface area (Å²) in [5.41, 5.74) is 2.91. The lowest BCUT2D eigenvalue weighted by Crippen LogP contribution is -2.56. The van der Waals surface area contributed by atoms with E-state index in [-0.39, 0.29) is 24.5 Å². The van der Waals surface area contributed by atoms with Crippen LogP contribution in [-0.4, -0.2) is 48.0 Å². The van der Waals surface area contributed by atoms with Gasteiger partial charge in [0.05, 0.1) is 12.6 Å². The van der Waals surface area contributed by atoms with E-state index in [0.29, 0.717) is 30.4 Å². The highest BCUT2D eigenvalue weighted by Crippen LogP contribution is 2.34. The average molecular weight is 470 g/mol. The summed E-state index contributed by atoms with van der Waals surface area (Å²) in [7, 11) is 0. The van der Waals surface area contributed by atoms with Gasteiger partial charge >= 0.3 is 6.03 Å². The molecular formula is C26H32ClN3O3. The number of urea groups is 1. The van der Waals surface area contributed by atoms with Crippen LogP contribution in [0.3, 0.4) is 0 Å². The number of fused-ring (bicyclic) bond motifs is 3. The SMILES string of the molecule is CCCCCCCOc1ccc(NC(=O)N2CC(=O)N3CCc4ccc(Cl)cc4C3C2)cc1. The highest BCUT2D eigenvalue weighted by molar-refractivity contribution is 6.30. The van der Waals surface area contributed by atoms with Gasteiger partial charge in [0.15, 0.2) is 0 Å². The van der Waals surface area contributed by atoms with Crippen molar-refractivity contribution in [3.63, 3.8) is 0 Å². The van der Waals surface area contributed by atoms with Gasteiger partial charge in [0.1, 0.15) is 12.3 Å². The third-order valence-corrected chi connectivity index (χ3v) is 6.65. The Labute approximate surface area is 200 Å². The molecule has 2 aromatic rings. The van der Waals surface area contributed by atoms with Gasteiger partial charge < -0.3 is 19.9 Å². The van der Waals surface area contributed by atoms with E-state index < -0.39 is 0 Å². The maximum absolute atomic E-state index is 12.9. The molecule has 0 aliphatic carbocycles. The molecule has 2 aliphatic rings. The van der Waals surface area contributed by atoms with Gasteiger partial charge in [-0.05, 0) is 60.4 Å². The van der Waals surface area contributed by atoms with Crippen molar-refractivity contribution in [2.24, 2.45) is 0 Å². The number of anilines is 1. The first kappa shape index (κ1) is 23.4. The minimum atomic E-state index is -0.276. The summed E-state index contributed by atoms with van der Waals surface area (Å²) in [6.07, 6.45) is 6.81. The van der Waals surface area contributed by atoms with E-state index in [1.165, 1.54) is 31.2 Å². The highest BCUT2D eigenvalue weighted by atomic mass is 35.5. The Hall–Kier alpha value is -2.73. The van der Waals surface area contributed by atoms with Crippen LogP contribution in [0.2, 0.25) is 5.02 Å². The highest BCUT2D eigenvalue weighted by Gasteiger charge is 2.38. The molecular weight excluding hydrogens is 438 g/mol. The predicted octanol–water partition coefficient (Wildman–Crippen LogP) is 5.66. The predicted molar refractivity (Wildman–Crippen MR) is 131 cm³/mol. The first-order chi connectivity index (χ1) is 16.0. The fraction of sp³-hybridized carbons (Fsp3) is 0.462. The van der Waals surface area contributed by atoms with Gasteiger partial charge in [-0.25, -0.2) is 4.79 Å². The lowest BCUT2D eigenvalue weighted by atomic mass is 9.91. The van der Waals surface area contributed by atoms with E-state index in [2.05, 4.69) is 12.2 Å². The number of hydrogen-bond acceptors (Lipinski definition) is 3. The molecule has 1 saturated heterocycles. The zero-order valence-corrected chi connectivity index (χ0v) is 19.9. The van der Waals surface area contributed by atoms with Gasteiger partial charge in [0.2, 0.25) is 5.91 Å². The molecule has 7 heteroatoms. The number of unbranched alkanes of at least 4 members (excludes halogenated alkanes) is 4. The van der Waals surface area contributed by atoms with Gasteiger partial charge in [-0.3, -0.25) is 4.79 Å². The lowest BCUT2D eigenvalue weighted by Gasteiger charge is -2.44. The van der Waals surface area contributed by atoms with Crippen LogP contribution in [0.1, 0.15) is 56.2 Å². The van der Waals surface area contributed by atoms with Crippen LogP contribution < -0.4 is 10.1 Å². The Bertz CT molecular complexity index is 979. The number of ether oxygens (including phenoxy) is 1. The number of amides is 3. The molecule has 6 nitrogen and oxygen atoms in total. The Kier molecular flexibility index (Phi) is 7.76. The molecule has 33 heavy (non-hydrogen) atoms. The normalized spacial score (nSPS) is 17.4. The molecule has 0 saturated carbocycles. The fourth-order valence-electron chi connectivity index (χ4n) is 4.58. The molecule has 1 atom stereocenters. The summed E-state index contributed by atoms with van der Waals surface area (Å²) in [5, 5.41) is 3.56. The van der Waals surface area contributed by atoms with Crippen LogP contribution in [0, 0.1) is 0 Å². The third kappa shape index (κ3) is 5.80. The van der Waals surface area contributed by atoms with Crippen molar-refractivity contribution in [3.05, 3.63) is 58.6 Å². The van der Waals surface area contributed by atoms with Crippen LogP contribution in [0.5, 0.6) is 5.75 Å². The van der Waals surface area contributed by atoms with E-state index in [0.717, 1.165) is 24.2 Å². The summed E-state index contributed by atoms with van der Waals surface area (Å²) in [6.45, 7) is 4.11. The summed E-state index contributed by atoms with van der Waals surface area (Å²) in [6, 6.07) is 12.8. The quantitative estimate of drug-likeness (QED) is 0.507. The number of hydrogen-bond donors (Lipinski definition) is 1. The molecule has 2 aromatic carbocycles. The number of nitrogens with one attached hydrogen (secondary N) is 1. The zero-order valence-electron chi connectivity index (χ0n) is 19.2. The first-order valence-corrected chi connectivity index (χ1v) is 12.3. The second-order valence-electron chi connectivity index (χ2n) is 8.79. The first-order valence-electron chi connectivity index (χ1n) is 11.9. The summed E-state index contributed by atoms with van der Waals surface area (Å²) >= 11 is 6.22. The minimum Gasteiger partial charge on any atom is -0.494 e. The van der Waals surface area contributed by atoms with Gasteiger partial charge in [0.25, 0.3) is 0 Å². The van der Waals surface area contributed by atoms with Gasteiger partial charge in [-0.1, -0.05) is 50.3 Å². The topological polar surface area (TPSA) is 61.9 Å². The maximum atomic E-state index is 12.9. The smallest absolute Gasteiger partial charge is 0.322 e. The fourth-order valence-corrected chi connectivity index (χ4v) is 4.76. The largest absolute Gasteiger partial charge is 0.494 e. The number of benzene rings is 2. The standard InChI is InChI=1S/C26H32ClN3O3/c1-2-3-4-5-6-15-33-22-11-9-21(10-12-22)28-26(32)29-17-24-23-16-20(27)8-7-19(23)13-14-30(24)25(31)18-29/h7-12,16,24H,2-6,13-15,17-18H2,1H3,(H,28,32). The van der Waals surface area contributed by atoms with Gasteiger partial charge in [-0.2, -0.15) is 0 Å². The molecule has 0 radical (unpaired) electrons. The minimum absolute atomic E-state index is 0.0327. The Morgan fingerprint density at radius 2 is 1.91 bits per heavy atom. The van der Waals surface area contributed by atoms with Crippen molar-refractivity contribution in [1.82, 2.24) is 9.80 Å². The number of piperazine rings is 1. The summed E-state index contributed by atoms with van der Waals surface area (Å²) < 4.78 is 5.79. The van der Waals surface area contributed by atoms with Gasteiger partial charge in [0, 0.05) is 23.8 Å². The van der Waals surface area contributed by atoms with E-state index >= 15 is 0 Å². The van der Waals surface area contributed by atoms with Crippen LogP contribution in [0.25, 0.3) is 0 Å². The van der Waals surface area contributed by atoms with Crippen molar-refractivity contribution in [2.45, 2.75) is 51.5 Å². The molecule has 0 bridgehead atoms. The van der Waals surface area contributed by atoms with Gasteiger partial charge in [-0.15, -0.1) is 0 Å². The zero-order chi connectivity index (χ0) is 23.2. The third-order valence-electron chi connectivity index (χ3n) is 6.41. The van der Waals surface area contributed by atoms with Crippen molar-refractivity contribution < 1.29 is 14.3 Å². The Morgan fingerprint density at radius 1 is 1.12 bits per heavy atom. The van der Waals surface area contributed by atoms with E-state index in [1.54, 1.807) is 4.90 Å². The molecule has 1 unspecified atom stereocenters. The lowest BCUT2D eigenvalue weighted by molar-refractivity contribution is -0.139. The second kappa shape index (κ2) is 10.9.